The molecule has 3 rings (SSSR count). The van der Waals surface area contributed by atoms with Gasteiger partial charge in [0.15, 0.2) is 5.96 Å². The number of benzene rings is 2. The molecule has 7 heteroatoms. The molecule has 0 bridgehead atoms. The number of ether oxygens (including phenoxy) is 1. The highest BCUT2D eigenvalue weighted by molar-refractivity contribution is 5.80. The topological polar surface area (TPSA) is 69.1 Å². The minimum atomic E-state index is -0.778. The fourth-order valence-electron chi connectivity index (χ4n) is 3.47. The van der Waals surface area contributed by atoms with Gasteiger partial charge in [-0.2, -0.15) is 0 Å². The fourth-order valence-corrected chi connectivity index (χ4v) is 3.47. The van der Waals surface area contributed by atoms with E-state index in [9.17, 15) is 9.50 Å². The van der Waals surface area contributed by atoms with Gasteiger partial charge in [-0.1, -0.05) is 24.3 Å². The standard InChI is InChI=1S/C22H29FN4O2/c1-3-24-22(25-14-20(28)16-8-10-17(23)11-9-16)26-18-12-13-27(15-18)19-6-4-5-7-21(19)29-2/h4-11,18,20,28H,3,12-15H2,1-2H3,(H2,24,25,26). The minimum absolute atomic E-state index is 0.198. The Morgan fingerprint density at radius 3 is 2.76 bits per heavy atom. The lowest BCUT2D eigenvalue weighted by molar-refractivity contribution is 0.187. The number of rotatable bonds is 7. The van der Waals surface area contributed by atoms with E-state index >= 15 is 0 Å². The first kappa shape index (κ1) is 20.9. The maximum Gasteiger partial charge on any atom is 0.191 e. The second-order valence-electron chi connectivity index (χ2n) is 7.03. The lowest BCUT2D eigenvalue weighted by Gasteiger charge is -2.22. The van der Waals surface area contributed by atoms with Crippen LogP contribution in [0, 0.1) is 5.82 Å². The van der Waals surface area contributed by atoms with E-state index in [4.69, 9.17) is 4.74 Å². The van der Waals surface area contributed by atoms with Gasteiger partial charge in [0.25, 0.3) is 0 Å². The van der Waals surface area contributed by atoms with Gasteiger partial charge in [-0.05, 0) is 43.2 Å². The second-order valence-corrected chi connectivity index (χ2v) is 7.03. The van der Waals surface area contributed by atoms with E-state index in [0.29, 0.717) is 11.5 Å². The van der Waals surface area contributed by atoms with E-state index in [1.807, 2.05) is 25.1 Å². The Morgan fingerprint density at radius 1 is 1.28 bits per heavy atom. The molecule has 29 heavy (non-hydrogen) atoms. The van der Waals surface area contributed by atoms with Gasteiger partial charge in [0.1, 0.15) is 11.6 Å². The van der Waals surface area contributed by atoms with E-state index in [-0.39, 0.29) is 18.4 Å². The Bertz CT molecular complexity index is 813. The van der Waals surface area contributed by atoms with Gasteiger partial charge in [0.2, 0.25) is 0 Å². The monoisotopic (exact) mass is 400 g/mol. The third kappa shape index (κ3) is 5.60. The van der Waals surface area contributed by atoms with E-state index in [0.717, 1.165) is 37.5 Å². The maximum absolute atomic E-state index is 13.1. The van der Waals surface area contributed by atoms with E-state index < -0.39 is 6.10 Å². The van der Waals surface area contributed by atoms with E-state index in [2.05, 4.69) is 26.6 Å². The largest absolute Gasteiger partial charge is 0.495 e. The average Bonchev–Trinajstić information content (AvgIpc) is 3.20. The zero-order valence-corrected chi connectivity index (χ0v) is 16.9. The van der Waals surface area contributed by atoms with Gasteiger partial charge in [-0.3, -0.25) is 4.99 Å². The number of aliphatic hydroxyl groups is 1. The first-order valence-corrected chi connectivity index (χ1v) is 9.97. The van der Waals surface area contributed by atoms with Gasteiger partial charge < -0.3 is 25.4 Å². The Morgan fingerprint density at radius 2 is 2.03 bits per heavy atom. The number of para-hydroxylation sites is 2. The lowest BCUT2D eigenvalue weighted by Crippen LogP contribution is -2.44. The van der Waals surface area contributed by atoms with E-state index in [1.165, 1.54) is 12.1 Å². The number of anilines is 1. The summed E-state index contributed by atoms with van der Waals surface area (Å²) in [6.07, 6.45) is 0.197. The molecule has 2 aromatic rings. The molecule has 0 saturated carbocycles. The zero-order chi connectivity index (χ0) is 20.6. The molecule has 2 aromatic carbocycles. The molecular weight excluding hydrogens is 371 g/mol. The van der Waals surface area contributed by atoms with Crippen molar-refractivity contribution in [1.29, 1.82) is 0 Å². The van der Waals surface area contributed by atoms with Gasteiger partial charge in [0.05, 0.1) is 25.4 Å². The number of halogens is 1. The zero-order valence-electron chi connectivity index (χ0n) is 16.9. The number of methoxy groups -OCH3 is 1. The number of guanidine groups is 1. The van der Waals surface area contributed by atoms with Crippen molar-refractivity contribution in [3.05, 3.63) is 59.9 Å². The third-order valence-corrected chi connectivity index (χ3v) is 4.98. The van der Waals surface area contributed by atoms with Crippen molar-refractivity contribution in [3.63, 3.8) is 0 Å². The van der Waals surface area contributed by atoms with Crippen molar-refractivity contribution in [2.75, 3.05) is 38.2 Å². The summed E-state index contributed by atoms with van der Waals surface area (Å²) in [6, 6.07) is 14.1. The lowest BCUT2D eigenvalue weighted by atomic mass is 10.1. The highest BCUT2D eigenvalue weighted by Gasteiger charge is 2.25. The molecule has 2 atom stereocenters. The van der Waals surface area contributed by atoms with Crippen molar-refractivity contribution in [2.45, 2.75) is 25.5 Å². The summed E-state index contributed by atoms with van der Waals surface area (Å²) >= 11 is 0. The molecule has 6 nitrogen and oxygen atoms in total. The quantitative estimate of drug-likeness (QED) is 0.493. The molecule has 1 aliphatic heterocycles. The molecule has 3 N–H and O–H groups in total. The summed E-state index contributed by atoms with van der Waals surface area (Å²) in [5.41, 5.74) is 1.74. The van der Waals surface area contributed by atoms with Crippen LogP contribution in [-0.4, -0.2) is 50.4 Å². The van der Waals surface area contributed by atoms with Crippen LogP contribution in [0.1, 0.15) is 25.0 Å². The first-order chi connectivity index (χ1) is 14.1. The smallest absolute Gasteiger partial charge is 0.191 e. The number of aliphatic hydroxyl groups excluding tert-OH is 1. The first-order valence-electron chi connectivity index (χ1n) is 9.97. The average molecular weight is 400 g/mol. The molecule has 0 spiro atoms. The van der Waals surface area contributed by atoms with Crippen molar-refractivity contribution in [2.24, 2.45) is 4.99 Å². The van der Waals surface area contributed by atoms with Crippen molar-refractivity contribution >= 4 is 11.6 Å². The minimum Gasteiger partial charge on any atom is -0.495 e. The van der Waals surface area contributed by atoms with Crippen LogP contribution in [0.5, 0.6) is 5.75 Å². The fraction of sp³-hybridized carbons (Fsp3) is 0.409. The van der Waals surface area contributed by atoms with Crippen LogP contribution in [0.4, 0.5) is 10.1 Å². The molecule has 0 radical (unpaired) electrons. The van der Waals surface area contributed by atoms with Crippen LogP contribution in [0.15, 0.2) is 53.5 Å². The normalized spacial score (nSPS) is 17.9. The van der Waals surface area contributed by atoms with Gasteiger partial charge in [0, 0.05) is 25.7 Å². The molecule has 156 valence electrons. The molecule has 1 aliphatic rings. The number of hydrogen-bond acceptors (Lipinski definition) is 4. The molecule has 1 fully saturated rings. The molecule has 1 saturated heterocycles. The summed E-state index contributed by atoms with van der Waals surface area (Å²) in [6.45, 7) is 4.69. The summed E-state index contributed by atoms with van der Waals surface area (Å²) in [5, 5.41) is 17.0. The number of nitrogens with one attached hydrogen (secondary N) is 2. The Balaban J connectivity index is 1.60. The Hall–Kier alpha value is -2.80. The summed E-state index contributed by atoms with van der Waals surface area (Å²) in [4.78, 5) is 6.81. The van der Waals surface area contributed by atoms with Crippen molar-refractivity contribution in [1.82, 2.24) is 10.6 Å². The Labute approximate surface area is 171 Å². The van der Waals surface area contributed by atoms with Gasteiger partial charge >= 0.3 is 0 Å². The van der Waals surface area contributed by atoms with Gasteiger partial charge in [-0.25, -0.2) is 4.39 Å². The van der Waals surface area contributed by atoms with Crippen LogP contribution < -0.4 is 20.3 Å². The molecule has 1 heterocycles. The number of nitrogens with zero attached hydrogens (tertiary/aromatic N) is 2. The molecule has 0 amide bonds. The molecular formula is C22H29FN4O2. The van der Waals surface area contributed by atoms with Crippen LogP contribution in [0.2, 0.25) is 0 Å². The van der Waals surface area contributed by atoms with Crippen LogP contribution >= 0.6 is 0 Å². The predicted octanol–water partition coefficient (Wildman–Crippen LogP) is 2.70. The summed E-state index contributed by atoms with van der Waals surface area (Å²) < 4.78 is 18.5. The SMILES string of the molecule is CCNC(=NCC(O)c1ccc(F)cc1)NC1CCN(c2ccccc2OC)C1. The van der Waals surface area contributed by atoms with Crippen molar-refractivity contribution in [3.8, 4) is 5.75 Å². The highest BCUT2D eigenvalue weighted by atomic mass is 19.1. The maximum atomic E-state index is 13.1. The van der Waals surface area contributed by atoms with Gasteiger partial charge in [-0.15, -0.1) is 0 Å². The number of aliphatic imine (C=N–C) groups is 1. The predicted molar refractivity (Wildman–Crippen MR) is 114 cm³/mol. The third-order valence-electron chi connectivity index (χ3n) is 4.98. The molecule has 0 aromatic heterocycles. The summed E-state index contributed by atoms with van der Waals surface area (Å²) in [5.74, 6) is 1.22. The van der Waals surface area contributed by atoms with Crippen LogP contribution in [0.3, 0.4) is 0 Å². The molecule has 2 unspecified atom stereocenters. The number of hydrogen-bond donors (Lipinski definition) is 3. The second kappa shape index (κ2) is 10.1. The Kier molecular flexibility index (Phi) is 7.30. The summed E-state index contributed by atoms with van der Waals surface area (Å²) in [7, 11) is 1.69. The van der Waals surface area contributed by atoms with Crippen molar-refractivity contribution < 1.29 is 14.2 Å². The van der Waals surface area contributed by atoms with Crippen LogP contribution in [-0.2, 0) is 0 Å². The van der Waals surface area contributed by atoms with E-state index in [1.54, 1.807) is 19.2 Å². The highest BCUT2D eigenvalue weighted by Crippen LogP contribution is 2.30. The molecule has 0 aliphatic carbocycles. The van der Waals surface area contributed by atoms with Crippen LogP contribution in [0.25, 0.3) is 0 Å².